The van der Waals surface area contributed by atoms with Gasteiger partial charge in [-0.15, -0.1) is 0 Å². The van der Waals surface area contributed by atoms with E-state index in [-0.39, 0.29) is 18.2 Å². The lowest BCUT2D eigenvalue weighted by Gasteiger charge is -2.33. The second kappa shape index (κ2) is 10.4. The van der Waals surface area contributed by atoms with E-state index >= 15 is 0 Å². The SMILES string of the molecule is N#CCCN(Cc1cccnc1)C(=O)C1CCN(S(=O)(=O)c2ccc3c(c2)CCCC3)CC1. The molecule has 174 valence electrons. The van der Waals surface area contributed by atoms with Crippen LogP contribution in [0.25, 0.3) is 0 Å². The number of hydrogen-bond acceptors (Lipinski definition) is 5. The number of carbonyl (C=O) groups excluding carboxylic acids is 1. The summed E-state index contributed by atoms with van der Waals surface area (Å²) in [7, 11) is -3.57. The molecule has 0 bridgehead atoms. The molecule has 0 spiro atoms. The van der Waals surface area contributed by atoms with Gasteiger partial charge in [0.1, 0.15) is 0 Å². The van der Waals surface area contributed by atoms with E-state index in [2.05, 4.69) is 11.1 Å². The monoisotopic (exact) mass is 466 g/mol. The molecule has 0 atom stereocenters. The molecule has 2 aromatic rings. The third-order valence-electron chi connectivity index (χ3n) is 6.66. The highest BCUT2D eigenvalue weighted by atomic mass is 32.2. The van der Waals surface area contributed by atoms with Crippen LogP contribution in [0, 0.1) is 17.2 Å². The molecule has 1 aromatic heterocycles. The van der Waals surface area contributed by atoms with Gasteiger partial charge in [0.2, 0.25) is 15.9 Å². The summed E-state index contributed by atoms with van der Waals surface area (Å²) in [6, 6.07) is 11.4. The van der Waals surface area contributed by atoms with Crippen LogP contribution in [0.4, 0.5) is 0 Å². The lowest BCUT2D eigenvalue weighted by Crippen LogP contribution is -2.44. The van der Waals surface area contributed by atoms with Crippen LogP contribution < -0.4 is 0 Å². The van der Waals surface area contributed by atoms with Crippen LogP contribution in [0.2, 0.25) is 0 Å². The lowest BCUT2D eigenvalue weighted by atomic mass is 9.92. The number of pyridine rings is 1. The summed E-state index contributed by atoms with van der Waals surface area (Å²) in [4.78, 5) is 19.4. The average molecular weight is 467 g/mol. The number of aromatic nitrogens is 1. The lowest BCUT2D eigenvalue weighted by molar-refractivity contribution is -0.137. The molecule has 1 amide bonds. The maximum absolute atomic E-state index is 13.3. The molecule has 1 aliphatic heterocycles. The predicted molar refractivity (Wildman–Crippen MR) is 124 cm³/mol. The molecule has 0 unspecified atom stereocenters. The highest BCUT2D eigenvalue weighted by Crippen LogP contribution is 2.29. The first kappa shape index (κ1) is 23.4. The molecule has 2 aliphatic rings. The van der Waals surface area contributed by atoms with Gasteiger partial charge in [-0.1, -0.05) is 12.1 Å². The Labute approximate surface area is 196 Å². The number of hydrogen-bond donors (Lipinski definition) is 0. The summed E-state index contributed by atoms with van der Waals surface area (Å²) in [5.74, 6) is -0.254. The largest absolute Gasteiger partial charge is 0.337 e. The van der Waals surface area contributed by atoms with Gasteiger partial charge in [0.25, 0.3) is 0 Å². The smallest absolute Gasteiger partial charge is 0.243 e. The standard InChI is InChI=1S/C25H30N4O3S/c26-12-4-14-28(19-20-5-3-13-27-18-20)25(30)22-10-15-29(16-11-22)33(31,32)24-9-8-21-6-1-2-7-23(21)17-24/h3,5,8-9,13,17-18,22H,1-2,4,6-7,10-11,14-16,19H2. The van der Waals surface area contributed by atoms with Gasteiger partial charge in [-0.25, -0.2) is 8.42 Å². The normalized spacial score (nSPS) is 17.2. The van der Waals surface area contributed by atoms with Gasteiger partial charge in [-0.3, -0.25) is 9.78 Å². The first-order valence-electron chi connectivity index (χ1n) is 11.7. The maximum atomic E-state index is 13.3. The molecular weight excluding hydrogens is 436 g/mol. The van der Waals surface area contributed by atoms with Gasteiger partial charge in [0.15, 0.2) is 0 Å². The van der Waals surface area contributed by atoms with Crippen molar-refractivity contribution < 1.29 is 13.2 Å². The van der Waals surface area contributed by atoms with E-state index in [0.717, 1.165) is 36.8 Å². The first-order valence-corrected chi connectivity index (χ1v) is 13.1. The van der Waals surface area contributed by atoms with Gasteiger partial charge >= 0.3 is 0 Å². The highest BCUT2D eigenvalue weighted by Gasteiger charge is 2.34. The highest BCUT2D eigenvalue weighted by molar-refractivity contribution is 7.89. The number of benzene rings is 1. The number of rotatable bonds is 7. The molecule has 0 radical (unpaired) electrons. The van der Waals surface area contributed by atoms with E-state index < -0.39 is 10.0 Å². The fraction of sp³-hybridized carbons (Fsp3) is 0.480. The van der Waals surface area contributed by atoms with Crippen molar-refractivity contribution in [2.24, 2.45) is 5.92 Å². The molecule has 1 aromatic carbocycles. The second-order valence-electron chi connectivity index (χ2n) is 8.85. The third kappa shape index (κ3) is 5.43. The number of sulfonamides is 1. The Morgan fingerprint density at radius 2 is 1.91 bits per heavy atom. The van der Waals surface area contributed by atoms with Crippen molar-refractivity contribution in [3.05, 3.63) is 59.4 Å². The van der Waals surface area contributed by atoms with Crippen molar-refractivity contribution >= 4 is 15.9 Å². The Kier molecular flexibility index (Phi) is 7.41. The van der Waals surface area contributed by atoms with Gasteiger partial charge in [-0.2, -0.15) is 9.57 Å². The molecule has 0 N–H and O–H groups in total. The summed E-state index contributed by atoms with van der Waals surface area (Å²) >= 11 is 0. The van der Waals surface area contributed by atoms with Crippen LogP contribution in [-0.2, 0) is 34.2 Å². The van der Waals surface area contributed by atoms with Crippen LogP contribution in [0.3, 0.4) is 0 Å². The van der Waals surface area contributed by atoms with Crippen LogP contribution in [-0.4, -0.2) is 48.1 Å². The zero-order valence-corrected chi connectivity index (χ0v) is 19.6. The minimum absolute atomic E-state index is 0.0140. The van der Waals surface area contributed by atoms with E-state index in [1.165, 1.54) is 9.87 Å². The minimum Gasteiger partial charge on any atom is -0.337 e. The molecule has 2 heterocycles. The van der Waals surface area contributed by atoms with Crippen LogP contribution in [0.5, 0.6) is 0 Å². The van der Waals surface area contributed by atoms with E-state index in [1.54, 1.807) is 23.4 Å². The summed E-state index contributed by atoms with van der Waals surface area (Å²) in [5, 5.41) is 9.01. The van der Waals surface area contributed by atoms with Crippen molar-refractivity contribution in [2.45, 2.75) is 56.4 Å². The first-order chi connectivity index (χ1) is 16.0. The van der Waals surface area contributed by atoms with E-state index in [0.29, 0.717) is 43.9 Å². The van der Waals surface area contributed by atoms with Gasteiger partial charge in [0.05, 0.1) is 17.4 Å². The van der Waals surface area contributed by atoms with Gasteiger partial charge in [-0.05, 0) is 73.4 Å². The Morgan fingerprint density at radius 1 is 1.15 bits per heavy atom. The van der Waals surface area contributed by atoms with Crippen molar-refractivity contribution in [1.29, 1.82) is 5.26 Å². The van der Waals surface area contributed by atoms with E-state index in [1.807, 2.05) is 24.3 Å². The van der Waals surface area contributed by atoms with E-state index in [4.69, 9.17) is 5.26 Å². The minimum atomic E-state index is -3.57. The Balaban J connectivity index is 1.41. The molecule has 33 heavy (non-hydrogen) atoms. The zero-order valence-electron chi connectivity index (χ0n) is 18.8. The summed E-state index contributed by atoms with van der Waals surface area (Å²) in [5.41, 5.74) is 3.32. The average Bonchev–Trinajstić information content (AvgIpc) is 2.86. The van der Waals surface area contributed by atoms with Crippen LogP contribution in [0.15, 0.2) is 47.6 Å². The number of amides is 1. The molecule has 7 nitrogen and oxygen atoms in total. The van der Waals surface area contributed by atoms with Crippen molar-refractivity contribution in [3.8, 4) is 6.07 Å². The van der Waals surface area contributed by atoms with Crippen LogP contribution in [0.1, 0.15) is 48.8 Å². The Morgan fingerprint density at radius 3 is 2.61 bits per heavy atom. The molecule has 4 rings (SSSR count). The van der Waals surface area contributed by atoms with Gasteiger partial charge < -0.3 is 4.90 Å². The number of nitriles is 1. The third-order valence-corrected chi connectivity index (χ3v) is 8.56. The fourth-order valence-corrected chi connectivity index (χ4v) is 6.31. The molecule has 8 heteroatoms. The van der Waals surface area contributed by atoms with Crippen LogP contribution >= 0.6 is 0 Å². The molecule has 1 fully saturated rings. The number of nitrogens with zero attached hydrogens (tertiary/aromatic N) is 4. The second-order valence-corrected chi connectivity index (χ2v) is 10.8. The quantitative estimate of drug-likeness (QED) is 0.624. The van der Waals surface area contributed by atoms with Crippen molar-refractivity contribution in [2.75, 3.05) is 19.6 Å². The fourth-order valence-electron chi connectivity index (χ4n) is 4.78. The van der Waals surface area contributed by atoms with Crippen molar-refractivity contribution in [3.63, 3.8) is 0 Å². The summed E-state index contributed by atoms with van der Waals surface area (Å²) < 4.78 is 28.0. The molecule has 1 saturated heterocycles. The predicted octanol–water partition coefficient (Wildman–Crippen LogP) is 3.30. The van der Waals surface area contributed by atoms with Crippen molar-refractivity contribution in [1.82, 2.24) is 14.2 Å². The maximum Gasteiger partial charge on any atom is 0.243 e. The molecular formula is C25H30N4O3S. The number of aryl methyl sites for hydroxylation is 2. The Bertz CT molecular complexity index is 1120. The summed E-state index contributed by atoms with van der Waals surface area (Å²) in [6.45, 7) is 1.42. The molecule has 0 saturated carbocycles. The number of fused-ring (bicyclic) bond motifs is 1. The van der Waals surface area contributed by atoms with Gasteiger partial charge in [0, 0.05) is 44.5 Å². The molecule has 1 aliphatic carbocycles. The number of piperidine rings is 1. The topological polar surface area (TPSA) is 94.4 Å². The zero-order chi connectivity index (χ0) is 23.3. The Hall–Kier alpha value is -2.76. The van der Waals surface area contributed by atoms with E-state index in [9.17, 15) is 13.2 Å². The summed E-state index contributed by atoms with van der Waals surface area (Å²) in [6.07, 6.45) is 8.85. The number of carbonyl (C=O) groups is 1.